The summed E-state index contributed by atoms with van der Waals surface area (Å²) in [6.07, 6.45) is 4.44. The predicted octanol–water partition coefficient (Wildman–Crippen LogP) is 4.60. The van der Waals surface area contributed by atoms with Crippen LogP contribution in [0.3, 0.4) is 0 Å². The summed E-state index contributed by atoms with van der Waals surface area (Å²) in [6, 6.07) is 15.6. The first-order valence-electron chi connectivity index (χ1n) is 14.5. The number of imide groups is 1. The van der Waals surface area contributed by atoms with Crippen molar-refractivity contribution in [3.05, 3.63) is 65.7 Å². The van der Waals surface area contributed by atoms with E-state index in [0.29, 0.717) is 28.7 Å². The Hall–Kier alpha value is -2.68. The fourth-order valence-corrected chi connectivity index (χ4v) is 7.64. The van der Waals surface area contributed by atoms with Gasteiger partial charge in [0.15, 0.2) is 0 Å². The summed E-state index contributed by atoms with van der Waals surface area (Å²) in [6.45, 7) is 6.91. The SMILES string of the molecule is CC(C)(C)NC(=O)[C@@H]1C[C@@H]2CCCC[C@@H]2CN1C[C@@H](O)[C@H](CSc1ccccc1)N1C(=O)c2ccccc2C1=O. The van der Waals surface area contributed by atoms with Crippen molar-refractivity contribution in [2.45, 2.75) is 81.5 Å². The number of hydrogen-bond acceptors (Lipinski definition) is 6. The van der Waals surface area contributed by atoms with E-state index in [1.807, 2.05) is 51.1 Å². The first-order valence-corrected chi connectivity index (χ1v) is 15.5. The maximum atomic E-state index is 13.5. The first-order chi connectivity index (χ1) is 19.1. The van der Waals surface area contributed by atoms with Gasteiger partial charge in [-0.05, 0) is 69.7 Å². The van der Waals surface area contributed by atoms with E-state index in [1.54, 1.807) is 24.3 Å². The van der Waals surface area contributed by atoms with E-state index in [2.05, 4.69) is 10.2 Å². The number of fused-ring (bicyclic) bond motifs is 2. The van der Waals surface area contributed by atoms with Gasteiger partial charge in [-0.25, -0.2) is 0 Å². The molecule has 2 aromatic carbocycles. The van der Waals surface area contributed by atoms with Gasteiger partial charge in [0.2, 0.25) is 5.91 Å². The van der Waals surface area contributed by atoms with E-state index in [1.165, 1.54) is 29.5 Å². The van der Waals surface area contributed by atoms with Gasteiger partial charge in [0.25, 0.3) is 11.8 Å². The Morgan fingerprint density at radius 2 is 1.57 bits per heavy atom. The number of nitrogens with one attached hydrogen (secondary N) is 1. The van der Waals surface area contributed by atoms with E-state index in [0.717, 1.165) is 30.7 Å². The summed E-state index contributed by atoms with van der Waals surface area (Å²) < 4.78 is 0. The highest BCUT2D eigenvalue weighted by Crippen LogP contribution is 2.39. The van der Waals surface area contributed by atoms with Gasteiger partial charge in [0, 0.05) is 29.3 Å². The van der Waals surface area contributed by atoms with Gasteiger partial charge in [-0.2, -0.15) is 0 Å². The molecular weight excluding hydrogens is 522 g/mol. The van der Waals surface area contributed by atoms with Crippen molar-refractivity contribution < 1.29 is 19.5 Å². The van der Waals surface area contributed by atoms with Crippen molar-refractivity contribution in [3.63, 3.8) is 0 Å². The fourth-order valence-electron chi connectivity index (χ4n) is 6.55. The lowest BCUT2D eigenvalue weighted by Gasteiger charge is -2.47. The number of thioether (sulfide) groups is 1. The third-order valence-corrected chi connectivity index (χ3v) is 9.60. The number of hydrogen-bond donors (Lipinski definition) is 2. The Kier molecular flexibility index (Phi) is 8.69. The largest absolute Gasteiger partial charge is 0.390 e. The van der Waals surface area contributed by atoms with Crippen LogP contribution in [0.5, 0.6) is 0 Å². The van der Waals surface area contributed by atoms with E-state index in [9.17, 15) is 19.5 Å². The Morgan fingerprint density at radius 3 is 2.20 bits per heavy atom. The van der Waals surface area contributed by atoms with Crippen molar-refractivity contribution in [1.82, 2.24) is 15.1 Å². The quantitative estimate of drug-likeness (QED) is 0.361. The lowest BCUT2D eigenvalue weighted by Crippen LogP contribution is -2.60. The van der Waals surface area contributed by atoms with Crippen LogP contribution in [-0.2, 0) is 4.79 Å². The molecule has 2 fully saturated rings. The third kappa shape index (κ3) is 6.29. The molecule has 0 spiro atoms. The molecule has 2 heterocycles. The summed E-state index contributed by atoms with van der Waals surface area (Å²) in [4.78, 5) is 44.9. The van der Waals surface area contributed by atoms with Gasteiger partial charge in [-0.1, -0.05) is 49.6 Å². The van der Waals surface area contributed by atoms with Gasteiger partial charge >= 0.3 is 0 Å². The molecule has 1 saturated carbocycles. The van der Waals surface area contributed by atoms with E-state index in [-0.39, 0.29) is 35.8 Å². The zero-order valence-electron chi connectivity index (χ0n) is 23.7. The second-order valence-corrected chi connectivity index (χ2v) is 13.6. The molecule has 0 radical (unpaired) electrons. The van der Waals surface area contributed by atoms with Crippen LogP contribution in [0.1, 0.15) is 73.6 Å². The van der Waals surface area contributed by atoms with E-state index < -0.39 is 12.1 Å². The minimum Gasteiger partial charge on any atom is -0.390 e. The van der Waals surface area contributed by atoms with Crippen molar-refractivity contribution in [2.75, 3.05) is 18.8 Å². The van der Waals surface area contributed by atoms with Crippen LogP contribution >= 0.6 is 11.8 Å². The lowest BCUT2D eigenvalue weighted by atomic mass is 9.72. The Morgan fingerprint density at radius 1 is 0.975 bits per heavy atom. The smallest absolute Gasteiger partial charge is 0.261 e. The molecule has 5 rings (SSSR count). The molecule has 2 aliphatic heterocycles. The summed E-state index contributed by atoms with van der Waals surface area (Å²) in [5, 5.41) is 15.0. The van der Waals surface area contributed by atoms with Crippen LogP contribution in [0.25, 0.3) is 0 Å². The lowest BCUT2D eigenvalue weighted by molar-refractivity contribution is -0.132. The normalized spacial score (nSPS) is 24.8. The number of aliphatic hydroxyl groups excluding tert-OH is 1. The van der Waals surface area contributed by atoms with Crippen molar-refractivity contribution >= 4 is 29.5 Å². The number of likely N-dealkylation sites (tertiary alicyclic amines) is 1. The molecule has 214 valence electrons. The molecule has 3 aliphatic rings. The number of carbonyl (C=O) groups excluding carboxylic acids is 3. The molecule has 1 saturated heterocycles. The monoisotopic (exact) mass is 563 g/mol. The predicted molar refractivity (Wildman–Crippen MR) is 157 cm³/mol. The van der Waals surface area contributed by atoms with Crippen LogP contribution in [0.2, 0.25) is 0 Å². The molecule has 5 atom stereocenters. The number of carbonyl (C=O) groups is 3. The van der Waals surface area contributed by atoms with Crippen LogP contribution in [0, 0.1) is 11.8 Å². The molecule has 3 amide bonds. The number of benzene rings is 2. The number of rotatable bonds is 8. The number of β-amino-alcohol motifs (C(OH)–C–C–N with tert-alkyl or cyclic N) is 1. The highest BCUT2D eigenvalue weighted by molar-refractivity contribution is 7.99. The average molecular weight is 564 g/mol. The topological polar surface area (TPSA) is 90.0 Å². The molecule has 40 heavy (non-hydrogen) atoms. The average Bonchev–Trinajstić information content (AvgIpc) is 3.18. The van der Waals surface area contributed by atoms with Gasteiger partial charge in [0.1, 0.15) is 0 Å². The molecular formula is C32H41N3O4S. The van der Waals surface area contributed by atoms with Gasteiger partial charge in [0.05, 0.1) is 29.3 Å². The maximum absolute atomic E-state index is 13.5. The highest BCUT2D eigenvalue weighted by Gasteiger charge is 2.45. The second kappa shape index (κ2) is 12.0. The summed E-state index contributed by atoms with van der Waals surface area (Å²) in [5.74, 6) is 0.613. The number of nitrogens with zero attached hydrogens (tertiary/aromatic N) is 2. The van der Waals surface area contributed by atoms with Gasteiger partial charge < -0.3 is 10.4 Å². The number of aliphatic hydroxyl groups is 1. The molecule has 7 nitrogen and oxygen atoms in total. The summed E-state index contributed by atoms with van der Waals surface area (Å²) >= 11 is 1.52. The van der Waals surface area contributed by atoms with Crippen molar-refractivity contribution in [2.24, 2.45) is 11.8 Å². The third-order valence-electron chi connectivity index (χ3n) is 8.49. The highest BCUT2D eigenvalue weighted by atomic mass is 32.2. The molecule has 0 unspecified atom stereocenters. The van der Waals surface area contributed by atoms with Crippen LogP contribution in [0.4, 0.5) is 0 Å². The Labute approximate surface area is 241 Å². The molecule has 8 heteroatoms. The summed E-state index contributed by atoms with van der Waals surface area (Å²) in [5.41, 5.74) is 0.388. The van der Waals surface area contributed by atoms with E-state index >= 15 is 0 Å². The molecule has 0 aromatic heterocycles. The van der Waals surface area contributed by atoms with E-state index in [4.69, 9.17) is 0 Å². The minimum absolute atomic E-state index is 0.0142. The second-order valence-electron chi connectivity index (χ2n) is 12.5. The fraction of sp³-hybridized carbons (Fsp3) is 0.531. The zero-order valence-corrected chi connectivity index (χ0v) is 24.5. The number of amides is 3. The number of piperidine rings is 1. The zero-order chi connectivity index (χ0) is 28.4. The standard InChI is InChI=1S/C32H41N3O4S/c1-32(2,3)33-29(37)26-17-21-11-7-8-12-22(21)18-34(26)19-28(36)27(20-40-23-13-5-4-6-14-23)35-30(38)24-15-9-10-16-25(24)31(35)39/h4-6,9-10,13-16,21-22,26-28,36H,7-8,11-12,17-20H2,1-3H3,(H,33,37)/t21-,22+,26-,27-,28+/m0/s1. The first kappa shape index (κ1) is 28.8. The molecule has 1 aliphatic carbocycles. The molecule has 0 bridgehead atoms. The van der Waals surface area contributed by atoms with Crippen LogP contribution in [-0.4, -0.2) is 75.2 Å². The Balaban J connectivity index is 1.40. The Bertz CT molecular complexity index is 1200. The van der Waals surface area contributed by atoms with Crippen LogP contribution in [0.15, 0.2) is 59.5 Å². The maximum Gasteiger partial charge on any atom is 0.261 e. The summed E-state index contributed by atoms with van der Waals surface area (Å²) in [7, 11) is 0. The minimum atomic E-state index is -1.01. The van der Waals surface area contributed by atoms with Crippen molar-refractivity contribution in [3.8, 4) is 0 Å². The van der Waals surface area contributed by atoms with Crippen molar-refractivity contribution in [1.29, 1.82) is 0 Å². The van der Waals surface area contributed by atoms with Gasteiger partial charge in [-0.15, -0.1) is 11.8 Å². The molecule has 2 aromatic rings. The molecule has 2 N–H and O–H groups in total. The van der Waals surface area contributed by atoms with Gasteiger partial charge in [-0.3, -0.25) is 24.2 Å². The van der Waals surface area contributed by atoms with Crippen LogP contribution < -0.4 is 5.32 Å².